The number of anilines is 2. The van der Waals surface area contributed by atoms with Crippen LogP contribution in [0, 0.1) is 0 Å². The molecule has 26 heavy (non-hydrogen) atoms. The number of fused-ring (bicyclic) bond motifs is 3. The van der Waals surface area contributed by atoms with Gasteiger partial charge in [0, 0.05) is 38.3 Å². The van der Waals surface area contributed by atoms with Crippen LogP contribution < -0.4 is 10.6 Å². The van der Waals surface area contributed by atoms with Gasteiger partial charge in [0.05, 0.1) is 5.39 Å². The van der Waals surface area contributed by atoms with E-state index in [2.05, 4.69) is 50.3 Å². The molecular formula is C20H24N6. The van der Waals surface area contributed by atoms with Gasteiger partial charge in [0.25, 0.3) is 0 Å². The highest BCUT2D eigenvalue weighted by Crippen LogP contribution is 2.36. The van der Waals surface area contributed by atoms with E-state index in [1.807, 2.05) is 0 Å². The topological polar surface area (TPSA) is 74.1 Å². The Morgan fingerprint density at radius 1 is 1.04 bits per heavy atom. The van der Waals surface area contributed by atoms with Gasteiger partial charge in [-0.05, 0) is 30.4 Å². The molecule has 0 saturated carbocycles. The Hall–Kier alpha value is -2.60. The van der Waals surface area contributed by atoms with Gasteiger partial charge >= 0.3 is 0 Å². The summed E-state index contributed by atoms with van der Waals surface area (Å²) in [6.07, 6.45) is 3.47. The molecule has 2 aliphatic heterocycles. The van der Waals surface area contributed by atoms with Crippen molar-refractivity contribution in [2.45, 2.75) is 32.4 Å². The summed E-state index contributed by atoms with van der Waals surface area (Å²) in [5.41, 5.74) is 11.0. The molecule has 0 spiro atoms. The first-order valence-electron chi connectivity index (χ1n) is 9.46. The highest BCUT2D eigenvalue weighted by molar-refractivity contribution is 5.92. The second kappa shape index (κ2) is 6.29. The maximum Gasteiger partial charge on any atom is 0.185 e. The summed E-state index contributed by atoms with van der Waals surface area (Å²) in [7, 11) is 0. The Bertz CT molecular complexity index is 926. The molecule has 3 N–H and O–H groups in total. The molecule has 6 nitrogen and oxygen atoms in total. The molecular weight excluding hydrogens is 324 g/mol. The second-order valence-corrected chi connectivity index (χ2v) is 7.37. The lowest BCUT2D eigenvalue weighted by Crippen LogP contribution is -2.33. The molecule has 2 aromatic heterocycles. The van der Waals surface area contributed by atoms with Crippen molar-refractivity contribution >= 4 is 22.7 Å². The number of aromatic amines is 1. The fourth-order valence-corrected chi connectivity index (χ4v) is 4.36. The predicted octanol–water partition coefficient (Wildman–Crippen LogP) is 2.70. The molecule has 0 amide bonds. The van der Waals surface area contributed by atoms with E-state index in [1.54, 1.807) is 0 Å². The van der Waals surface area contributed by atoms with Gasteiger partial charge < -0.3 is 10.6 Å². The zero-order valence-corrected chi connectivity index (χ0v) is 14.9. The number of pyridine rings is 1. The summed E-state index contributed by atoms with van der Waals surface area (Å²) in [6.45, 7) is 5.10. The highest BCUT2D eigenvalue weighted by Gasteiger charge is 2.28. The Balaban J connectivity index is 1.55. The minimum atomic E-state index is 0.647. The summed E-state index contributed by atoms with van der Waals surface area (Å²) in [5, 5.41) is 8.30. The van der Waals surface area contributed by atoms with E-state index < -0.39 is 0 Å². The predicted molar refractivity (Wildman–Crippen MR) is 104 cm³/mol. The Morgan fingerprint density at radius 2 is 1.85 bits per heavy atom. The number of nitrogens with two attached hydrogens (primary N) is 1. The van der Waals surface area contributed by atoms with Crippen molar-refractivity contribution < 1.29 is 0 Å². The van der Waals surface area contributed by atoms with E-state index in [9.17, 15) is 0 Å². The molecule has 0 radical (unpaired) electrons. The van der Waals surface area contributed by atoms with E-state index in [4.69, 9.17) is 10.7 Å². The average Bonchev–Trinajstić information content (AvgIpc) is 3.32. The van der Waals surface area contributed by atoms with E-state index in [1.165, 1.54) is 29.5 Å². The molecule has 0 unspecified atom stereocenters. The van der Waals surface area contributed by atoms with Crippen molar-refractivity contribution in [3.05, 3.63) is 47.0 Å². The summed E-state index contributed by atoms with van der Waals surface area (Å²) in [4.78, 5) is 9.85. The van der Waals surface area contributed by atoms with Crippen LogP contribution in [0.3, 0.4) is 0 Å². The molecule has 0 aliphatic carbocycles. The van der Waals surface area contributed by atoms with Crippen LogP contribution in [0.2, 0.25) is 0 Å². The van der Waals surface area contributed by atoms with Gasteiger partial charge in [-0.3, -0.25) is 10.00 Å². The molecule has 1 fully saturated rings. The van der Waals surface area contributed by atoms with Crippen molar-refractivity contribution in [2.24, 2.45) is 0 Å². The van der Waals surface area contributed by atoms with Crippen LogP contribution in [0.25, 0.3) is 11.0 Å². The van der Waals surface area contributed by atoms with E-state index >= 15 is 0 Å². The Kier molecular flexibility index (Phi) is 3.78. The molecule has 5 rings (SSSR count). The number of H-pyrrole nitrogens is 1. The molecule has 1 saturated heterocycles. The average molecular weight is 348 g/mol. The first-order valence-corrected chi connectivity index (χ1v) is 9.46. The highest BCUT2D eigenvalue weighted by atomic mass is 15.2. The maximum atomic E-state index is 6.18. The zero-order valence-electron chi connectivity index (χ0n) is 14.9. The molecule has 1 aromatic carbocycles. The molecule has 4 heterocycles. The zero-order chi connectivity index (χ0) is 17.5. The van der Waals surface area contributed by atoms with Crippen LogP contribution in [0.15, 0.2) is 30.3 Å². The molecule has 2 aliphatic rings. The van der Waals surface area contributed by atoms with Crippen LogP contribution in [-0.2, 0) is 19.5 Å². The molecule has 3 aromatic rings. The van der Waals surface area contributed by atoms with Crippen molar-refractivity contribution in [1.82, 2.24) is 20.1 Å². The van der Waals surface area contributed by atoms with Crippen molar-refractivity contribution in [3.8, 4) is 0 Å². The molecule has 0 bridgehead atoms. The number of hydrogen-bond acceptors (Lipinski definition) is 5. The SMILES string of the molecule is Nc1[nH]nc2nc(N3CCCC3)c3c(c12)CCN(Cc1ccccc1)C3. The summed E-state index contributed by atoms with van der Waals surface area (Å²) in [5.74, 6) is 1.77. The lowest BCUT2D eigenvalue weighted by atomic mass is 9.96. The largest absolute Gasteiger partial charge is 0.384 e. The van der Waals surface area contributed by atoms with Gasteiger partial charge in [-0.15, -0.1) is 0 Å². The van der Waals surface area contributed by atoms with Crippen LogP contribution >= 0.6 is 0 Å². The number of aromatic nitrogens is 3. The van der Waals surface area contributed by atoms with Crippen LogP contribution in [-0.4, -0.2) is 39.7 Å². The van der Waals surface area contributed by atoms with Crippen LogP contribution in [0.4, 0.5) is 11.6 Å². The van der Waals surface area contributed by atoms with Crippen molar-refractivity contribution in [3.63, 3.8) is 0 Å². The summed E-state index contributed by atoms with van der Waals surface area (Å²) < 4.78 is 0. The lowest BCUT2D eigenvalue weighted by Gasteiger charge is -2.32. The minimum Gasteiger partial charge on any atom is -0.384 e. The fraction of sp³-hybridized carbons (Fsp3) is 0.400. The van der Waals surface area contributed by atoms with Crippen LogP contribution in [0.5, 0.6) is 0 Å². The minimum absolute atomic E-state index is 0.647. The quantitative estimate of drug-likeness (QED) is 0.761. The Morgan fingerprint density at radius 3 is 2.65 bits per heavy atom. The van der Waals surface area contributed by atoms with Gasteiger partial charge in [0.1, 0.15) is 11.6 Å². The third-order valence-corrected chi connectivity index (χ3v) is 5.64. The third-order valence-electron chi connectivity index (χ3n) is 5.64. The molecule has 6 heteroatoms. The lowest BCUT2D eigenvalue weighted by molar-refractivity contribution is 0.246. The summed E-state index contributed by atoms with van der Waals surface area (Å²) in [6, 6.07) is 10.7. The number of nitrogen functional groups attached to an aromatic ring is 1. The monoisotopic (exact) mass is 348 g/mol. The van der Waals surface area contributed by atoms with Crippen molar-refractivity contribution in [1.29, 1.82) is 0 Å². The summed E-state index contributed by atoms with van der Waals surface area (Å²) >= 11 is 0. The second-order valence-electron chi connectivity index (χ2n) is 7.37. The van der Waals surface area contributed by atoms with Gasteiger partial charge in [0.2, 0.25) is 0 Å². The normalized spacial score (nSPS) is 17.8. The van der Waals surface area contributed by atoms with E-state index in [-0.39, 0.29) is 0 Å². The van der Waals surface area contributed by atoms with Crippen LogP contribution in [0.1, 0.15) is 29.5 Å². The first-order chi connectivity index (χ1) is 12.8. The van der Waals surface area contributed by atoms with Gasteiger partial charge in [-0.2, -0.15) is 5.10 Å². The first kappa shape index (κ1) is 15.6. The smallest absolute Gasteiger partial charge is 0.185 e. The number of nitrogens with one attached hydrogen (secondary N) is 1. The number of rotatable bonds is 3. The maximum absolute atomic E-state index is 6.18. The molecule has 0 atom stereocenters. The fourth-order valence-electron chi connectivity index (χ4n) is 4.36. The van der Waals surface area contributed by atoms with E-state index in [0.717, 1.165) is 56.0 Å². The number of benzene rings is 1. The van der Waals surface area contributed by atoms with Gasteiger partial charge in [-0.25, -0.2) is 4.98 Å². The third kappa shape index (κ3) is 2.61. The Labute approximate surface area is 153 Å². The van der Waals surface area contributed by atoms with Crippen molar-refractivity contribution in [2.75, 3.05) is 30.3 Å². The van der Waals surface area contributed by atoms with Gasteiger partial charge in [0.15, 0.2) is 5.65 Å². The number of nitrogens with zero attached hydrogens (tertiary/aromatic N) is 4. The van der Waals surface area contributed by atoms with Gasteiger partial charge in [-0.1, -0.05) is 30.3 Å². The van der Waals surface area contributed by atoms with E-state index in [0.29, 0.717) is 5.82 Å². The number of hydrogen-bond donors (Lipinski definition) is 2. The standard InChI is InChI=1S/C20H24N6/c21-18-17-15-8-11-25(12-14-6-2-1-3-7-14)13-16(15)20(22-19(17)24-23-18)26-9-4-5-10-26/h1-3,6-7H,4-5,8-13H2,(H3,21,22,23,24). The molecule has 134 valence electrons.